The van der Waals surface area contributed by atoms with Gasteiger partial charge in [-0.2, -0.15) is 5.10 Å². The summed E-state index contributed by atoms with van der Waals surface area (Å²) in [5, 5.41) is 13.5. The zero-order chi connectivity index (χ0) is 9.54. The normalized spacial score (nSPS) is 25.5. The van der Waals surface area contributed by atoms with E-state index in [0.717, 1.165) is 17.6 Å². The number of aromatic nitrogens is 2. The number of pyridine rings is 1. The summed E-state index contributed by atoms with van der Waals surface area (Å²) >= 11 is 0. The van der Waals surface area contributed by atoms with Crippen LogP contribution in [0.2, 0.25) is 0 Å². The van der Waals surface area contributed by atoms with E-state index in [1.807, 2.05) is 28.9 Å². The highest BCUT2D eigenvalue weighted by Crippen LogP contribution is 2.46. The molecule has 2 atom stereocenters. The van der Waals surface area contributed by atoms with Crippen molar-refractivity contribution < 1.29 is 5.11 Å². The number of hydrogen-bond acceptors (Lipinski definition) is 2. The molecule has 2 aromatic rings. The van der Waals surface area contributed by atoms with Crippen LogP contribution in [-0.4, -0.2) is 21.3 Å². The summed E-state index contributed by atoms with van der Waals surface area (Å²) in [5.74, 6) is 0.930. The van der Waals surface area contributed by atoms with Crippen molar-refractivity contribution in [3.05, 3.63) is 36.2 Å². The lowest BCUT2D eigenvalue weighted by molar-refractivity contribution is 0.273. The van der Waals surface area contributed by atoms with Gasteiger partial charge in [-0.1, -0.05) is 6.07 Å². The van der Waals surface area contributed by atoms with Gasteiger partial charge in [0, 0.05) is 18.7 Å². The van der Waals surface area contributed by atoms with Crippen molar-refractivity contribution in [2.24, 2.45) is 5.92 Å². The lowest BCUT2D eigenvalue weighted by atomic mass is 10.2. The Morgan fingerprint density at radius 3 is 3.14 bits per heavy atom. The predicted molar refractivity (Wildman–Crippen MR) is 53.1 cm³/mol. The molecular weight excluding hydrogens is 176 g/mol. The van der Waals surface area contributed by atoms with Crippen LogP contribution < -0.4 is 0 Å². The molecule has 1 aliphatic rings. The molecule has 0 aromatic carbocycles. The molecule has 0 spiro atoms. The third kappa shape index (κ3) is 1.13. The summed E-state index contributed by atoms with van der Waals surface area (Å²) < 4.78 is 1.89. The van der Waals surface area contributed by atoms with Gasteiger partial charge in [0.1, 0.15) is 0 Å². The van der Waals surface area contributed by atoms with Crippen molar-refractivity contribution in [3.8, 4) is 0 Å². The average molecular weight is 188 g/mol. The van der Waals surface area contributed by atoms with Crippen LogP contribution in [0.1, 0.15) is 18.0 Å². The first-order valence-electron chi connectivity index (χ1n) is 4.93. The van der Waals surface area contributed by atoms with Crippen LogP contribution >= 0.6 is 0 Å². The third-order valence-corrected chi connectivity index (χ3v) is 2.93. The number of rotatable bonds is 2. The zero-order valence-corrected chi connectivity index (χ0v) is 7.80. The zero-order valence-electron chi connectivity index (χ0n) is 7.80. The molecule has 2 heterocycles. The molecule has 0 saturated heterocycles. The van der Waals surface area contributed by atoms with E-state index in [9.17, 15) is 0 Å². The van der Waals surface area contributed by atoms with Crippen LogP contribution in [0.15, 0.2) is 30.5 Å². The second-order valence-electron chi connectivity index (χ2n) is 3.92. The van der Waals surface area contributed by atoms with Gasteiger partial charge < -0.3 is 5.11 Å². The third-order valence-electron chi connectivity index (χ3n) is 2.93. The molecule has 2 aromatic heterocycles. The fourth-order valence-corrected chi connectivity index (χ4v) is 1.95. The Morgan fingerprint density at radius 2 is 2.43 bits per heavy atom. The van der Waals surface area contributed by atoms with E-state index in [4.69, 9.17) is 5.11 Å². The van der Waals surface area contributed by atoms with Crippen LogP contribution in [0, 0.1) is 5.92 Å². The maximum atomic E-state index is 8.98. The summed E-state index contributed by atoms with van der Waals surface area (Å²) in [4.78, 5) is 0. The number of aliphatic hydroxyl groups excluding tert-OH is 1. The van der Waals surface area contributed by atoms with E-state index < -0.39 is 0 Å². The van der Waals surface area contributed by atoms with Gasteiger partial charge in [0.15, 0.2) is 0 Å². The summed E-state index contributed by atoms with van der Waals surface area (Å²) in [5.41, 5.74) is 2.25. The Labute approximate surface area is 82.0 Å². The Kier molecular flexibility index (Phi) is 1.61. The monoisotopic (exact) mass is 188 g/mol. The lowest BCUT2D eigenvalue weighted by Gasteiger charge is -1.90. The lowest BCUT2D eigenvalue weighted by Crippen LogP contribution is -1.90. The van der Waals surface area contributed by atoms with Gasteiger partial charge in [-0.15, -0.1) is 0 Å². The van der Waals surface area contributed by atoms with Crippen LogP contribution in [0.5, 0.6) is 0 Å². The largest absolute Gasteiger partial charge is 0.396 e. The van der Waals surface area contributed by atoms with E-state index in [0.29, 0.717) is 18.4 Å². The van der Waals surface area contributed by atoms with Crippen molar-refractivity contribution in [1.29, 1.82) is 0 Å². The summed E-state index contributed by atoms with van der Waals surface area (Å²) in [6.07, 6.45) is 3.04. The van der Waals surface area contributed by atoms with Crippen molar-refractivity contribution in [1.82, 2.24) is 9.61 Å². The minimum Gasteiger partial charge on any atom is -0.396 e. The van der Waals surface area contributed by atoms with Crippen molar-refractivity contribution in [3.63, 3.8) is 0 Å². The molecule has 0 radical (unpaired) electrons. The molecule has 14 heavy (non-hydrogen) atoms. The van der Waals surface area contributed by atoms with Gasteiger partial charge >= 0.3 is 0 Å². The molecule has 3 heteroatoms. The highest BCUT2D eigenvalue weighted by molar-refractivity contribution is 5.48. The van der Waals surface area contributed by atoms with Gasteiger partial charge in [0.25, 0.3) is 0 Å². The van der Waals surface area contributed by atoms with Crippen LogP contribution in [-0.2, 0) is 0 Å². The first-order valence-corrected chi connectivity index (χ1v) is 4.93. The highest BCUT2D eigenvalue weighted by atomic mass is 16.3. The predicted octanol–water partition coefficient (Wildman–Crippen LogP) is 1.43. The fraction of sp³-hybridized carbons (Fsp3) is 0.364. The Hall–Kier alpha value is -1.35. The number of aliphatic hydroxyl groups is 1. The summed E-state index contributed by atoms with van der Waals surface area (Å²) in [7, 11) is 0. The maximum absolute atomic E-state index is 8.98. The number of fused-ring (bicyclic) bond motifs is 1. The molecule has 72 valence electrons. The quantitative estimate of drug-likeness (QED) is 0.774. The molecule has 0 bridgehead atoms. The van der Waals surface area contributed by atoms with Gasteiger partial charge in [-0.25, -0.2) is 4.52 Å². The van der Waals surface area contributed by atoms with Gasteiger partial charge in [-0.05, 0) is 30.5 Å². The number of nitrogens with zero attached hydrogens (tertiary/aromatic N) is 2. The van der Waals surface area contributed by atoms with E-state index in [1.165, 1.54) is 0 Å². The second kappa shape index (κ2) is 2.82. The van der Waals surface area contributed by atoms with Crippen molar-refractivity contribution in [2.45, 2.75) is 12.3 Å². The second-order valence-corrected chi connectivity index (χ2v) is 3.92. The summed E-state index contributed by atoms with van der Waals surface area (Å²) in [6, 6.07) is 8.14. The Morgan fingerprint density at radius 1 is 1.50 bits per heavy atom. The van der Waals surface area contributed by atoms with Gasteiger partial charge in [0.2, 0.25) is 0 Å². The van der Waals surface area contributed by atoms with Gasteiger partial charge in [-0.3, -0.25) is 0 Å². The molecule has 1 N–H and O–H groups in total. The minimum absolute atomic E-state index is 0.290. The molecule has 1 aliphatic carbocycles. The van der Waals surface area contributed by atoms with Crippen LogP contribution in [0.4, 0.5) is 0 Å². The van der Waals surface area contributed by atoms with Gasteiger partial charge in [0.05, 0.1) is 11.2 Å². The minimum atomic E-state index is 0.290. The standard InChI is InChI=1S/C11H12N2O/c14-7-8-5-10(8)11-6-9-3-1-2-4-13(9)12-11/h1-4,6,8,10,14H,5,7H2/t8-,10+/m1/s1. The van der Waals surface area contributed by atoms with E-state index in [-0.39, 0.29) is 0 Å². The average Bonchev–Trinajstić information content (AvgIpc) is 2.89. The van der Waals surface area contributed by atoms with E-state index in [1.54, 1.807) is 0 Å². The molecular formula is C11H12N2O. The molecule has 1 fully saturated rings. The first kappa shape index (κ1) is 8.00. The van der Waals surface area contributed by atoms with E-state index in [2.05, 4.69) is 11.2 Å². The first-order chi connectivity index (χ1) is 6.88. The fourth-order valence-electron chi connectivity index (χ4n) is 1.95. The smallest absolute Gasteiger partial charge is 0.0669 e. The topological polar surface area (TPSA) is 37.5 Å². The van der Waals surface area contributed by atoms with Crippen molar-refractivity contribution >= 4 is 5.52 Å². The van der Waals surface area contributed by atoms with Crippen molar-refractivity contribution in [2.75, 3.05) is 6.61 Å². The van der Waals surface area contributed by atoms with Crippen LogP contribution in [0.25, 0.3) is 5.52 Å². The molecule has 0 aliphatic heterocycles. The SMILES string of the molecule is OC[C@H]1C[C@@H]1c1cc2ccccn2n1. The molecule has 3 rings (SSSR count). The van der Waals surface area contributed by atoms with Crippen LogP contribution in [0.3, 0.4) is 0 Å². The molecule has 0 unspecified atom stereocenters. The van der Waals surface area contributed by atoms with E-state index >= 15 is 0 Å². The molecule has 3 nitrogen and oxygen atoms in total. The summed E-state index contributed by atoms with van der Waals surface area (Å²) in [6.45, 7) is 0.290. The maximum Gasteiger partial charge on any atom is 0.0669 e. The number of hydrogen-bond donors (Lipinski definition) is 1. The Balaban J connectivity index is 1.99. The Bertz CT molecular complexity index is 430. The molecule has 0 amide bonds. The highest BCUT2D eigenvalue weighted by Gasteiger charge is 2.39. The molecule has 1 saturated carbocycles.